The number of nitrogens with zero attached hydrogens (tertiary/aromatic N) is 2. The number of esters is 1. The van der Waals surface area contributed by atoms with E-state index in [2.05, 4.69) is 11.9 Å². The Balaban J connectivity index is 1.89. The lowest BCUT2D eigenvalue weighted by Crippen LogP contribution is -2.08. The molecule has 0 amide bonds. The summed E-state index contributed by atoms with van der Waals surface area (Å²) in [6, 6.07) is 15.4. The third-order valence-corrected chi connectivity index (χ3v) is 4.50. The van der Waals surface area contributed by atoms with Crippen molar-refractivity contribution in [1.82, 2.24) is 9.55 Å². The van der Waals surface area contributed by atoms with Gasteiger partial charge in [0.15, 0.2) is 6.29 Å². The summed E-state index contributed by atoms with van der Waals surface area (Å²) in [5, 5.41) is 0. The van der Waals surface area contributed by atoms with Gasteiger partial charge in [0.2, 0.25) is 0 Å². The number of aryl methyl sites for hydroxylation is 1. The number of aromatic nitrogens is 2. The second-order valence-corrected chi connectivity index (χ2v) is 6.29. The van der Waals surface area contributed by atoms with E-state index in [1.807, 2.05) is 47.0 Å². The third-order valence-electron chi connectivity index (χ3n) is 4.50. The molecule has 0 N–H and O–H groups in total. The Morgan fingerprint density at radius 1 is 1.15 bits per heavy atom. The zero-order chi connectivity index (χ0) is 19.2. The Labute approximate surface area is 158 Å². The maximum Gasteiger partial charge on any atom is 0.338 e. The molecule has 3 aromatic rings. The highest BCUT2D eigenvalue weighted by Crippen LogP contribution is 2.25. The van der Waals surface area contributed by atoms with Crippen molar-refractivity contribution in [2.75, 3.05) is 7.11 Å². The van der Waals surface area contributed by atoms with Crippen LogP contribution in [0.25, 0.3) is 11.1 Å². The normalized spacial score (nSPS) is 10.6. The van der Waals surface area contributed by atoms with Gasteiger partial charge in [0.25, 0.3) is 0 Å². The smallest absolute Gasteiger partial charge is 0.338 e. The van der Waals surface area contributed by atoms with E-state index in [0.29, 0.717) is 17.8 Å². The summed E-state index contributed by atoms with van der Waals surface area (Å²) in [7, 11) is 1.38. The summed E-state index contributed by atoms with van der Waals surface area (Å²) >= 11 is 0. The number of hydrogen-bond donors (Lipinski definition) is 0. The molecule has 2 aromatic carbocycles. The molecule has 0 saturated heterocycles. The molecule has 5 nitrogen and oxygen atoms in total. The molecular weight excluding hydrogens is 340 g/mol. The van der Waals surface area contributed by atoms with Crippen LogP contribution in [0.15, 0.2) is 54.7 Å². The van der Waals surface area contributed by atoms with Crippen LogP contribution in [0.4, 0.5) is 0 Å². The summed E-state index contributed by atoms with van der Waals surface area (Å²) in [5.74, 6) is 0.563. The SMILES string of the molecule is CCCc1ncc(C=O)n1Cc1ccc(-c2ccccc2C(=O)OC)cc1. The lowest BCUT2D eigenvalue weighted by atomic mass is 9.98. The fraction of sp³-hybridized carbons (Fsp3) is 0.227. The van der Waals surface area contributed by atoms with Gasteiger partial charge in [-0.3, -0.25) is 4.79 Å². The first-order valence-corrected chi connectivity index (χ1v) is 8.94. The standard InChI is InChI=1S/C22H22N2O3/c1-3-6-21-23-13-18(15-25)24(21)14-16-9-11-17(12-10-16)19-7-4-5-8-20(19)22(26)27-2/h4-5,7-13,15H,3,6,14H2,1-2H3. The van der Waals surface area contributed by atoms with Crippen molar-refractivity contribution in [3.05, 3.63) is 77.4 Å². The number of benzene rings is 2. The number of carbonyl (C=O) groups excluding carboxylic acids is 2. The summed E-state index contributed by atoms with van der Waals surface area (Å²) in [6.45, 7) is 2.68. The second kappa shape index (κ2) is 8.45. The second-order valence-electron chi connectivity index (χ2n) is 6.29. The van der Waals surface area contributed by atoms with Crippen LogP contribution in [0.3, 0.4) is 0 Å². The number of methoxy groups -OCH3 is 1. The van der Waals surface area contributed by atoms with Gasteiger partial charge in [0, 0.05) is 13.0 Å². The van der Waals surface area contributed by atoms with Crippen LogP contribution >= 0.6 is 0 Å². The van der Waals surface area contributed by atoms with Crippen molar-refractivity contribution < 1.29 is 14.3 Å². The minimum absolute atomic E-state index is 0.354. The Kier molecular flexibility index (Phi) is 5.81. The van der Waals surface area contributed by atoms with Crippen molar-refractivity contribution in [2.45, 2.75) is 26.3 Å². The largest absolute Gasteiger partial charge is 0.465 e. The molecule has 1 aromatic heterocycles. The average Bonchev–Trinajstić information content (AvgIpc) is 3.09. The molecular formula is C22H22N2O3. The lowest BCUT2D eigenvalue weighted by molar-refractivity contribution is 0.0601. The molecule has 27 heavy (non-hydrogen) atoms. The van der Waals surface area contributed by atoms with Gasteiger partial charge >= 0.3 is 5.97 Å². The van der Waals surface area contributed by atoms with Crippen LogP contribution in [0.1, 0.15) is 45.6 Å². The Morgan fingerprint density at radius 3 is 2.56 bits per heavy atom. The topological polar surface area (TPSA) is 61.2 Å². The molecule has 0 atom stereocenters. The van der Waals surface area contributed by atoms with Gasteiger partial charge in [-0.2, -0.15) is 0 Å². The molecule has 3 rings (SSSR count). The van der Waals surface area contributed by atoms with Crippen molar-refractivity contribution >= 4 is 12.3 Å². The fourth-order valence-electron chi connectivity index (χ4n) is 3.12. The minimum atomic E-state index is -0.354. The van der Waals surface area contributed by atoms with E-state index >= 15 is 0 Å². The van der Waals surface area contributed by atoms with Gasteiger partial charge in [0.1, 0.15) is 11.5 Å². The summed E-state index contributed by atoms with van der Waals surface area (Å²) in [4.78, 5) is 27.6. The molecule has 0 aliphatic rings. The molecule has 0 bridgehead atoms. The van der Waals surface area contributed by atoms with Gasteiger partial charge in [-0.05, 0) is 29.2 Å². The van der Waals surface area contributed by atoms with Crippen molar-refractivity contribution in [3.63, 3.8) is 0 Å². The van der Waals surface area contributed by atoms with Crippen molar-refractivity contribution in [3.8, 4) is 11.1 Å². The van der Waals surface area contributed by atoms with E-state index in [1.165, 1.54) is 7.11 Å². The number of aldehydes is 1. The minimum Gasteiger partial charge on any atom is -0.465 e. The van der Waals surface area contributed by atoms with Gasteiger partial charge in [-0.1, -0.05) is 49.4 Å². The molecule has 5 heteroatoms. The maximum atomic E-state index is 12.0. The molecule has 0 aliphatic heterocycles. The third kappa shape index (κ3) is 3.97. The van der Waals surface area contributed by atoms with Gasteiger partial charge < -0.3 is 9.30 Å². The van der Waals surface area contributed by atoms with Crippen molar-refractivity contribution in [2.24, 2.45) is 0 Å². The van der Waals surface area contributed by atoms with Gasteiger partial charge in [0.05, 0.1) is 18.9 Å². The average molecular weight is 362 g/mol. The van der Waals surface area contributed by atoms with Crippen LogP contribution in [0.2, 0.25) is 0 Å². The van der Waals surface area contributed by atoms with Crippen LogP contribution < -0.4 is 0 Å². The number of rotatable bonds is 7. The van der Waals surface area contributed by atoms with Crippen LogP contribution in [0.5, 0.6) is 0 Å². The van der Waals surface area contributed by atoms with E-state index in [0.717, 1.165) is 41.6 Å². The molecule has 1 heterocycles. The predicted molar refractivity (Wildman–Crippen MR) is 104 cm³/mol. The van der Waals surface area contributed by atoms with Crippen LogP contribution in [0, 0.1) is 0 Å². The fourth-order valence-corrected chi connectivity index (χ4v) is 3.12. The Morgan fingerprint density at radius 2 is 1.89 bits per heavy atom. The van der Waals surface area contributed by atoms with Crippen molar-refractivity contribution in [1.29, 1.82) is 0 Å². The first-order chi connectivity index (χ1) is 13.2. The van der Waals surface area contributed by atoms with Crippen LogP contribution in [-0.4, -0.2) is 28.9 Å². The maximum absolute atomic E-state index is 12.0. The zero-order valence-corrected chi connectivity index (χ0v) is 15.5. The Hall–Kier alpha value is -3.21. The number of hydrogen-bond acceptors (Lipinski definition) is 4. The van der Waals surface area contributed by atoms with E-state index in [9.17, 15) is 9.59 Å². The highest BCUT2D eigenvalue weighted by atomic mass is 16.5. The molecule has 0 aliphatic carbocycles. The quantitative estimate of drug-likeness (QED) is 0.468. The monoisotopic (exact) mass is 362 g/mol. The zero-order valence-electron chi connectivity index (χ0n) is 15.5. The molecule has 138 valence electrons. The first-order valence-electron chi connectivity index (χ1n) is 8.94. The van der Waals surface area contributed by atoms with E-state index in [-0.39, 0.29) is 5.97 Å². The summed E-state index contributed by atoms with van der Waals surface area (Å²) in [6.07, 6.45) is 4.27. The summed E-state index contributed by atoms with van der Waals surface area (Å²) < 4.78 is 6.82. The van der Waals surface area contributed by atoms with E-state index < -0.39 is 0 Å². The Bertz CT molecular complexity index is 942. The highest BCUT2D eigenvalue weighted by Gasteiger charge is 2.13. The summed E-state index contributed by atoms with van der Waals surface area (Å²) in [5.41, 5.74) is 3.95. The highest BCUT2D eigenvalue weighted by molar-refractivity contribution is 5.97. The van der Waals surface area contributed by atoms with Crippen LogP contribution in [-0.2, 0) is 17.7 Å². The molecule has 0 fully saturated rings. The lowest BCUT2D eigenvalue weighted by Gasteiger charge is -2.11. The van der Waals surface area contributed by atoms with Gasteiger partial charge in [-0.25, -0.2) is 9.78 Å². The molecule has 0 unspecified atom stereocenters. The predicted octanol–water partition coefficient (Wildman–Crippen LogP) is 4.15. The molecule has 0 spiro atoms. The molecule has 0 radical (unpaired) electrons. The molecule has 0 saturated carbocycles. The first kappa shape index (κ1) is 18.6. The number of ether oxygens (including phenoxy) is 1. The van der Waals surface area contributed by atoms with E-state index in [1.54, 1.807) is 12.3 Å². The van der Waals surface area contributed by atoms with Gasteiger partial charge in [-0.15, -0.1) is 0 Å². The van der Waals surface area contributed by atoms with E-state index in [4.69, 9.17) is 4.74 Å². The number of imidazole rings is 1. The number of carbonyl (C=O) groups is 2.